The molecule has 3 unspecified atom stereocenters. The van der Waals surface area contributed by atoms with Crippen LogP contribution in [0.4, 0.5) is 13.2 Å². The van der Waals surface area contributed by atoms with Gasteiger partial charge < -0.3 is 15.4 Å². The Bertz CT molecular complexity index is 967. The zero-order chi connectivity index (χ0) is 23.0. The van der Waals surface area contributed by atoms with Gasteiger partial charge in [0.1, 0.15) is 12.1 Å². The molecular formula is C25H30F3N2O2+. The molecule has 0 bridgehead atoms. The summed E-state index contributed by atoms with van der Waals surface area (Å²) in [5.41, 5.74) is 1.06. The van der Waals surface area contributed by atoms with Crippen molar-refractivity contribution in [1.82, 2.24) is 5.32 Å². The lowest BCUT2D eigenvalue weighted by molar-refractivity contribution is -0.754. The molecule has 3 atom stereocenters. The molecule has 172 valence electrons. The molecule has 3 N–H and O–H groups in total. The summed E-state index contributed by atoms with van der Waals surface area (Å²) < 4.78 is 46.0. The van der Waals surface area contributed by atoms with Crippen molar-refractivity contribution in [1.29, 1.82) is 0 Å². The number of quaternary nitrogens is 1. The maximum Gasteiger partial charge on any atom is 0.416 e. The molecule has 0 saturated carbocycles. The van der Waals surface area contributed by atoms with Crippen LogP contribution < -0.4 is 10.6 Å². The highest BCUT2D eigenvalue weighted by Gasteiger charge is 2.50. The van der Waals surface area contributed by atoms with Crippen LogP contribution >= 0.6 is 0 Å². The van der Waals surface area contributed by atoms with E-state index in [1.165, 1.54) is 6.07 Å². The van der Waals surface area contributed by atoms with Crippen molar-refractivity contribution in [3.8, 4) is 0 Å². The number of alkyl halides is 3. The standard InChI is InChI=1S/C25H29F3N2O2/c1-17-12-19(14-21(13-17)25(26,27)28)18(2)32-16-24(20-6-4-3-5-7-20)11-10-23(15-29-24)9-8-22(31)30-23/h3-7,12-14,18,29H,8-11,15-16H2,1-2H3,(H,30,31)/p+1. The zero-order valence-electron chi connectivity index (χ0n) is 18.5. The van der Waals surface area contributed by atoms with Gasteiger partial charge in [-0.05, 0) is 44.4 Å². The van der Waals surface area contributed by atoms with Gasteiger partial charge in [0.15, 0.2) is 0 Å². The third-order valence-electron chi connectivity index (χ3n) is 7.00. The predicted octanol–water partition coefficient (Wildman–Crippen LogP) is 3.99. The number of carbonyl (C=O) groups excluding carboxylic acids is 1. The minimum atomic E-state index is -4.39. The number of halogens is 3. The van der Waals surface area contributed by atoms with Crippen LogP contribution in [0.5, 0.6) is 0 Å². The second kappa shape index (κ2) is 8.52. The van der Waals surface area contributed by atoms with Crippen molar-refractivity contribution >= 4 is 5.91 Å². The lowest BCUT2D eigenvalue weighted by Crippen LogP contribution is -3.01. The second-order valence-electron chi connectivity index (χ2n) is 9.34. The van der Waals surface area contributed by atoms with E-state index in [4.69, 9.17) is 4.74 Å². The zero-order valence-corrected chi connectivity index (χ0v) is 18.5. The first kappa shape index (κ1) is 22.8. The average molecular weight is 448 g/mol. The highest BCUT2D eigenvalue weighted by atomic mass is 19.4. The van der Waals surface area contributed by atoms with Gasteiger partial charge in [-0.25, -0.2) is 0 Å². The first-order chi connectivity index (χ1) is 15.1. The molecule has 7 heteroatoms. The molecule has 32 heavy (non-hydrogen) atoms. The Morgan fingerprint density at radius 1 is 1.12 bits per heavy atom. The Morgan fingerprint density at radius 3 is 2.47 bits per heavy atom. The molecule has 1 amide bonds. The Labute approximate surface area is 186 Å². The van der Waals surface area contributed by atoms with Crippen molar-refractivity contribution in [2.24, 2.45) is 0 Å². The van der Waals surface area contributed by atoms with Crippen LogP contribution in [-0.4, -0.2) is 24.6 Å². The van der Waals surface area contributed by atoms with Gasteiger partial charge in [-0.15, -0.1) is 0 Å². The van der Waals surface area contributed by atoms with Gasteiger partial charge in [0.25, 0.3) is 0 Å². The Balaban J connectivity index is 1.53. The SMILES string of the molecule is Cc1cc(C(C)OCC2(c3ccccc3)CCC3(CCC(=O)N3)C[NH2+]2)cc(C(F)(F)F)c1. The molecule has 2 aliphatic rings. The Morgan fingerprint density at radius 2 is 1.88 bits per heavy atom. The molecule has 4 nitrogen and oxygen atoms in total. The van der Waals surface area contributed by atoms with Crippen molar-refractivity contribution in [2.45, 2.75) is 62.9 Å². The summed E-state index contributed by atoms with van der Waals surface area (Å²) in [6.45, 7) is 4.60. The van der Waals surface area contributed by atoms with Gasteiger partial charge >= 0.3 is 6.18 Å². The molecule has 4 rings (SSSR count). The number of piperidine rings is 1. The maximum absolute atomic E-state index is 13.3. The number of amides is 1. The van der Waals surface area contributed by atoms with E-state index in [-0.39, 0.29) is 17.0 Å². The highest BCUT2D eigenvalue weighted by molar-refractivity contribution is 5.79. The number of aryl methyl sites for hydroxylation is 1. The van der Waals surface area contributed by atoms with Gasteiger partial charge in [0.2, 0.25) is 5.91 Å². The topological polar surface area (TPSA) is 54.9 Å². The van der Waals surface area contributed by atoms with E-state index in [9.17, 15) is 18.0 Å². The fourth-order valence-corrected chi connectivity index (χ4v) is 5.00. The van der Waals surface area contributed by atoms with Gasteiger partial charge in [0.05, 0.1) is 23.8 Å². The molecule has 0 aromatic heterocycles. The van der Waals surface area contributed by atoms with Crippen LogP contribution in [0, 0.1) is 6.92 Å². The maximum atomic E-state index is 13.3. The van der Waals surface area contributed by atoms with Gasteiger partial charge in [-0.2, -0.15) is 13.2 Å². The lowest BCUT2D eigenvalue weighted by Gasteiger charge is -2.43. The summed E-state index contributed by atoms with van der Waals surface area (Å²) in [6, 6.07) is 14.2. The summed E-state index contributed by atoms with van der Waals surface area (Å²) in [6.07, 6.45) is -1.80. The summed E-state index contributed by atoms with van der Waals surface area (Å²) in [5.74, 6) is 0.107. The van der Waals surface area contributed by atoms with E-state index in [1.807, 2.05) is 18.2 Å². The van der Waals surface area contributed by atoms with Crippen LogP contribution in [-0.2, 0) is 21.2 Å². The van der Waals surface area contributed by atoms with E-state index in [2.05, 4.69) is 22.8 Å². The van der Waals surface area contributed by atoms with Crippen LogP contribution in [0.3, 0.4) is 0 Å². The Kier molecular flexibility index (Phi) is 6.07. The van der Waals surface area contributed by atoms with Crippen LogP contribution in [0.15, 0.2) is 48.5 Å². The van der Waals surface area contributed by atoms with E-state index >= 15 is 0 Å². The van der Waals surface area contributed by atoms with E-state index in [0.717, 1.165) is 37.4 Å². The van der Waals surface area contributed by atoms with Gasteiger partial charge in [-0.3, -0.25) is 4.79 Å². The molecule has 2 heterocycles. The lowest BCUT2D eigenvalue weighted by atomic mass is 9.76. The molecule has 2 aromatic carbocycles. The molecular weight excluding hydrogens is 417 g/mol. The third kappa shape index (κ3) is 4.69. The van der Waals surface area contributed by atoms with E-state index < -0.39 is 17.8 Å². The van der Waals surface area contributed by atoms with Crippen molar-refractivity contribution < 1.29 is 28.0 Å². The molecule has 0 aliphatic carbocycles. The molecule has 2 saturated heterocycles. The second-order valence-corrected chi connectivity index (χ2v) is 9.34. The number of hydrogen-bond acceptors (Lipinski definition) is 2. The largest absolute Gasteiger partial charge is 0.416 e. The van der Waals surface area contributed by atoms with Crippen LogP contribution in [0.2, 0.25) is 0 Å². The van der Waals surface area contributed by atoms with E-state index in [1.54, 1.807) is 19.9 Å². The number of benzene rings is 2. The fraction of sp³-hybridized carbons (Fsp3) is 0.480. The minimum Gasteiger partial charge on any atom is -0.367 e. The van der Waals surface area contributed by atoms with Crippen molar-refractivity contribution in [2.75, 3.05) is 13.2 Å². The molecule has 0 radical (unpaired) electrons. The quantitative estimate of drug-likeness (QED) is 0.728. The third-order valence-corrected chi connectivity index (χ3v) is 7.00. The molecule has 1 spiro atoms. The smallest absolute Gasteiger partial charge is 0.367 e. The number of carbonyl (C=O) groups is 1. The predicted molar refractivity (Wildman–Crippen MR) is 115 cm³/mol. The Hall–Kier alpha value is -2.38. The molecule has 2 aromatic rings. The summed E-state index contributed by atoms with van der Waals surface area (Å²) >= 11 is 0. The number of hydrogen-bond donors (Lipinski definition) is 2. The van der Waals surface area contributed by atoms with Crippen molar-refractivity contribution in [3.63, 3.8) is 0 Å². The minimum absolute atomic E-state index is 0.107. The monoisotopic (exact) mass is 447 g/mol. The highest BCUT2D eigenvalue weighted by Crippen LogP contribution is 2.36. The number of nitrogens with one attached hydrogen (secondary N) is 1. The van der Waals surface area contributed by atoms with Crippen molar-refractivity contribution in [3.05, 3.63) is 70.8 Å². The van der Waals surface area contributed by atoms with Gasteiger partial charge in [-0.1, -0.05) is 42.0 Å². The fourth-order valence-electron chi connectivity index (χ4n) is 5.00. The average Bonchev–Trinajstić information content (AvgIpc) is 3.13. The number of rotatable bonds is 5. The van der Waals surface area contributed by atoms with Gasteiger partial charge in [0, 0.05) is 18.4 Å². The first-order valence-corrected chi connectivity index (χ1v) is 11.1. The normalized spacial score (nSPS) is 26.8. The van der Waals surface area contributed by atoms with E-state index in [0.29, 0.717) is 24.2 Å². The summed E-state index contributed by atoms with van der Waals surface area (Å²) in [4.78, 5) is 11.8. The number of ether oxygens (including phenoxy) is 1. The van der Waals surface area contributed by atoms with Crippen LogP contribution in [0.1, 0.15) is 61.0 Å². The molecule has 2 aliphatic heterocycles. The molecule has 2 fully saturated rings. The van der Waals surface area contributed by atoms with Crippen LogP contribution in [0.25, 0.3) is 0 Å². The number of nitrogens with two attached hydrogens (primary N) is 1. The summed E-state index contributed by atoms with van der Waals surface area (Å²) in [7, 11) is 0. The summed E-state index contributed by atoms with van der Waals surface area (Å²) in [5, 5.41) is 5.41. The first-order valence-electron chi connectivity index (χ1n) is 11.1.